The van der Waals surface area contributed by atoms with Crippen LogP contribution in [0.5, 0.6) is 11.5 Å². The van der Waals surface area contributed by atoms with E-state index in [2.05, 4.69) is 21.2 Å². The fourth-order valence-corrected chi connectivity index (χ4v) is 3.33. The summed E-state index contributed by atoms with van der Waals surface area (Å²) < 4.78 is 25.3. The van der Waals surface area contributed by atoms with E-state index in [0.29, 0.717) is 22.6 Å². The van der Waals surface area contributed by atoms with Crippen LogP contribution < -0.4 is 14.8 Å². The topological polar surface area (TPSA) is 71.3 Å². The first-order valence-electron chi connectivity index (χ1n) is 9.33. The van der Waals surface area contributed by atoms with Crippen LogP contribution in [0.3, 0.4) is 0 Å². The number of methoxy groups -OCH3 is 1. The Morgan fingerprint density at radius 2 is 1.97 bits per heavy atom. The zero-order valence-corrected chi connectivity index (χ0v) is 19.2. The zero-order chi connectivity index (χ0) is 23.1. The number of ether oxygens (including phenoxy) is 2. The first-order chi connectivity index (χ1) is 15.4. The molecule has 0 spiro atoms. The normalized spacial score (nSPS) is 10.9. The Morgan fingerprint density at radius 3 is 2.62 bits per heavy atom. The molecular weight excluding hydrogens is 499 g/mol. The van der Waals surface area contributed by atoms with Crippen molar-refractivity contribution in [1.29, 1.82) is 5.26 Å². The van der Waals surface area contributed by atoms with E-state index in [1.165, 1.54) is 25.3 Å². The number of anilines is 1. The average molecular weight is 516 g/mol. The molecule has 0 fully saturated rings. The maximum absolute atomic E-state index is 13.4. The summed E-state index contributed by atoms with van der Waals surface area (Å²) in [6.45, 7) is 0.0854. The van der Waals surface area contributed by atoms with Crippen molar-refractivity contribution in [2.24, 2.45) is 0 Å². The molecule has 8 heteroatoms. The van der Waals surface area contributed by atoms with Crippen LogP contribution in [0.4, 0.5) is 10.1 Å². The number of halogens is 3. The molecule has 1 amide bonds. The third-order valence-electron chi connectivity index (χ3n) is 4.30. The number of rotatable bonds is 7. The SMILES string of the molecule is COc1cc(/C=C(/C#N)C(=O)Nc2ccc(Br)cc2)cc(Cl)c1OCc1cccc(F)c1. The Hall–Kier alpha value is -3.34. The second-order valence-corrected chi connectivity index (χ2v) is 7.91. The summed E-state index contributed by atoms with van der Waals surface area (Å²) in [5.41, 5.74) is 1.55. The molecule has 0 bridgehead atoms. The molecule has 32 heavy (non-hydrogen) atoms. The molecule has 162 valence electrons. The van der Waals surface area contributed by atoms with Crippen LogP contribution in [-0.4, -0.2) is 13.0 Å². The number of benzene rings is 3. The Bertz CT molecular complexity index is 1210. The first-order valence-corrected chi connectivity index (χ1v) is 10.5. The standard InChI is InChI=1S/C24H17BrClFN2O3/c1-31-22-12-16(9-17(13-28)24(30)29-20-7-5-18(25)6-8-20)11-21(26)23(22)32-14-15-3-2-4-19(27)10-15/h2-12H,14H2,1H3,(H,29,30)/b17-9-. The van der Waals surface area contributed by atoms with Gasteiger partial charge in [0, 0.05) is 10.2 Å². The largest absolute Gasteiger partial charge is 0.493 e. The smallest absolute Gasteiger partial charge is 0.266 e. The summed E-state index contributed by atoms with van der Waals surface area (Å²) >= 11 is 9.69. The lowest BCUT2D eigenvalue weighted by atomic mass is 10.1. The molecule has 0 aliphatic heterocycles. The van der Waals surface area contributed by atoms with E-state index >= 15 is 0 Å². The fraction of sp³-hybridized carbons (Fsp3) is 0.0833. The number of nitriles is 1. The van der Waals surface area contributed by atoms with Crippen LogP contribution >= 0.6 is 27.5 Å². The predicted molar refractivity (Wildman–Crippen MR) is 125 cm³/mol. The summed E-state index contributed by atoms with van der Waals surface area (Å²) in [5.74, 6) is -0.342. The van der Waals surface area contributed by atoms with E-state index in [1.54, 1.807) is 48.5 Å². The van der Waals surface area contributed by atoms with Crippen molar-refractivity contribution >= 4 is 45.2 Å². The van der Waals surface area contributed by atoms with E-state index in [4.69, 9.17) is 21.1 Å². The molecule has 3 aromatic carbocycles. The Labute approximate surface area is 198 Å². The maximum atomic E-state index is 13.4. The van der Waals surface area contributed by atoms with Crippen molar-refractivity contribution in [2.75, 3.05) is 12.4 Å². The highest BCUT2D eigenvalue weighted by Gasteiger charge is 2.15. The van der Waals surface area contributed by atoms with Crippen LogP contribution in [0.15, 0.2) is 70.7 Å². The summed E-state index contributed by atoms with van der Waals surface area (Å²) in [6, 6.07) is 18.0. The Morgan fingerprint density at radius 1 is 1.22 bits per heavy atom. The van der Waals surface area contributed by atoms with Gasteiger partial charge in [-0.2, -0.15) is 5.26 Å². The van der Waals surface area contributed by atoms with Gasteiger partial charge in [0.1, 0.15) is 24.1 Å². The minimum atomic E-state index is -0.559. The van der Waals surface area contributed by atoms with Crippen LogP contribution in [-0.2, 0) is 11.4 Å². The predicted octanol–water partition coefficient (Wildman–Crippen LogP) is 6.37. The molecule has 3 rings (SSSR count). The van der Waals surface area contributed by atoms with Gasteiger partial charge in [-0.25, -0.2) is 4.39 Å². The van der Waals surface area contributed by atoms with Gasteiger partial charge in [0.05, 0.1) is 12.1 Å². The van der Waals surface area contributed by atoms with Crippen LogP contribution in [0.1, 0.15) is 11.1 Å². The van der Waals surface area contributed by atoms with Crippen molar-refractivity contribution in [3.63, 3.8) is 0 Å². The highest BCUT2D eigenvalue weighted by Crippen LogP contribution is 2.37. The lowest BCUT2D eigenvalue weighted by molar-refractivity contribution is -0.112. The maximum Gasteiger partial charge on any atom is 0.266 e. The molecule has 1 N–H and O–H groups in total. The highest BCUT2D eigenvalue weighted by atomic mass is 79.9. The number of amides is 1. The quantitative estimate of drug-likeness (QED) is 0.293. The van der Waals surface area contributed by atoms with Crippen LogP contribution in [0, 0.1) is 17.1 Å². The lowest BCUT2D eigenvalue weighted by Crippen LogP contribution is -2.13. The summed E-state index contributed by atoms with van der Waals surface area (Å²) in [7, 11) is 1.44. The van der Waals surface area contributed by atoms with Crippen molar-refractivity contribution in [3.8, 4) is 17.6 Å². The number of carbonyl (C=O) groups is 1. The minimum absolute atomic E-state index is 0.0854. The third-order valence-corrected chi connectivity index (χ3v) is 5.11. The summed E-state index contributed by atoms with van der Waals surface area (Å²) in [4.78, 5) is 12.5. The van der Waals surface area contributed by atoms with Gasteiger partial charge in [-0.05, 0) is 65.7 Å². The molecule has 0 heterocycles. The average Bonchev–Trinajstić information content (AvgIpc) is 2.77. The molecule has 0 aromatic heterocycles. The lowest BCUT2D eigenvalue weighted by Gasteiger charge is -2.14. The van der Waals surface area contributed by atoms with Gasteiger partial charge in [-0.3, -0.25) is 4.79 Å². The second-order valence-electron chi connectivity index (χ2n) is 6.58. The number of hydrogen-bond donors (Lipinski definition) is 1. The molecular formula is C24H17BrClFN2O3. The van der Waals surface area contributed by atoms with Gasteiger partial charge in [0.2, 0.25) is 0 Å². The third kappa shape index (κ3) is 6.10. The molecule has 5 nitrogen and oxygen atoms in total. The van der Waals surface area contributed by atoms with Gasteiger partial charge >= 0.3 is 0 Å². The van der Waals surface area contributed by atoms with E-state index < -0.39 is 5.91 Å². The molecule has 0 aliphatic rings. The van der Waals surface area contributed by atoms with E-state index in [0.717, 1.165) is 4.47 Å². The number of hydrogen-bond acceptors (Lipinski definition) is 4. The van der Waals surface area contributed by atoms with Gasteiger partial charge in [-0.1, -0.05) is 39.7 Å². The van der Waals surface area contributed by atoms with E-state index in [9.17, 15) is 14.4 Å². The molecule has 0 saturated carbocycles. The highest BCUT2D eigenvalue weighted by molar-refractivity contribution is 9.10. The molecule has 3 aromatic rings. The molecule has 0 atom stereocenters. The van der Waals surface area contributed by atoms with E-state index in [-0.39, 0.29) is 28.8 Å². The minimum Gasteiger partial charge on any atom is -0.493 e. The van der Waals surface area contributed by atoms with Gasteiger partial charge in [0.15, 0.2) is 11.5 Å². The Balaban J connectivity index is 1.81. The van der Waals surface area contributed by atoms with Gasteiger partial charge < -0.3 is 14.8 Å². The molecule has 0 aliphatic carbocycles. The Kier molecular flexibility index (Phi) is 7.87. The van der Waals surface area contributed by atoms with Crippen molar-refractivity contribution < 1.29 is 18.7 Å². The summed E-state index contributed by atoms with van der Waals surface area (Å²) in [6.07, 6.45) is 1.40. The number of carbonyl (C=O) groups excluding carboxylic acids is 1. The van der Waals surface area contributed by atoms with E-state index in [1.807, 2.05) is 6.07 Å². The van der Waals surface area contributed by atoms with Crippen molar-refractivity contribution in [2.45, 2.75) is 6.61 Å². The van der Waals surface area contributed by atoms with Crippen LogP contribution in [0.25, 0.3) is 6.08 Å². The summed E-state index contributed by atoms with van der Waals surface area (Å²) in [5, 5.41) is 12.3. The fourth-order valence-electron chi connectivity index (χ4n) is 2.79. The first kappa shape index (κ1) is 23.3. The second kappa shape index (κ2) is 10.8. The zero-order valence-electron chi connectivity index (χ0n) is 16.9. The number of nitrogens with zero attached hydrogens (tertiary/aromatic N) is 1. The molecule has 0 saturated heterocycles. The molecule has 0 unspecified atom stereocenters. The van der Waals surface area contributed by atoms with Crippen molar-refractivity contribution in [3.05, 3.63) is 92.7 Å². The van der Waals surface area contributed by atoms with Gasteiger partial charge in [-0.15, -0.1) is 0 Å². The van der Waals surface area contributed by atoms with Crippen molar-refractivity contribution in [1.82, 2.24) is 0 Å². The molecule has 0 radical (unpaired) electrons. The van der Waals surface area contributed by atoms with Crippen LogP contribution in [0.2, 0.25) is 5.02 Å². The number of nitrogens with one attached hydrogen (secondary N) is 1. The van der Waals surface area contributed by atoms with Gasteiger partial charge in [0.25, 0.3) is 5.91 Å². The monoisotopic (exact) mass is 514 g/mol.